The zero-order valence-corrected chi connectivity index (χ0v) is 24.4. The number of nitrogens with one attached hydrogen (secondary N) is 1. The van der Waals surface area contributed by atoms with E-state index in [1.807, 2.05) is 30.5 Å². The second-order valence-corrected chi connectivity index (χ2v) is 12.1. The van der Waals surface area contributed by atoms with Crippen LogP contribution >= 0.6 is 34.8 Å². The standard InChI is InChI=1S/C28H25Cl3N4O3S/c1-18-14-22(19(2)35(18)27-13-10-24(30)15-26(27)31)16-32-33-28(36)21-6-11-25(12-7-21)34(39(3,37)38)17-20-4-8-23(29)9-5-20/h4-16H,17H2,1-3H3,(H,33,36)/b32-16+. The third-order valence-corrected chi connectivity index (χ3v) is 7.98. The van der Waals surface area contributed by atoms with E-state index < -0.39 is 15.9 Å². The van der Waals surface area contributed by atoms with E-state index in [0.717, 1.165) is 34.5 Å². The lowest BCUT2D eigenvalue weighted by Crippen LogP contribution is -2.29. The van der Waals surface area contributed by atoms with Crippen molar-refractivity contribution in [2.75, 3.05) is 10.6 Å². The highest BCUT2D eigenvalue weighted by Gasteiger charge is 2.19. The largest absolute Gasteiger partial charge is 0.316 e. The van der Waals surface area contributed by atoms with Crippen LogP contribution in [0.3, 0.4) is 0 Å². The maximum Gasteiger partial charge on any atom is 0.271 e. The fraction of sp³-hybridized carbons (Fsp3) is 0.143. The van der Waals surface area contributed by atoms with Crippen LogP contribution in [0, 0.1) is 13.8 Å². The summed E-state index contributed by atoms with van der Waals surface area (Å²) >= 11 is 18.4. The molecule has 7 nitrogen and oxygen atoms in total. The van der Waals surface area contributed by atoms with Gasteiger partial charge in [0.2, 0.25) is 10.0 Å². The summed E-state index contributed by atoms with van der Waals surface area (Å²) in [6, 6.07) is 20.4. The monoisotopic (exact) mass is 602 g/mol. The van der Waals surface area contributed by atoms with Gasteiger partial charge in [0, 0.05) is 32.6 Å². The Morgan fingerprint density at radius 3 is 2.21 bits per heavy atom. The summed E-state index contributed by atoms with van der Waals surface area (Å²) < 4.78 is 28.2. The van der Waals surface area contributed by atoms with Crippen LogP contribution < -0.4 is 9.73 Å². The SMILES string of the molecule is Cc1cc(/C=N/NC(=O)c2ccc(N(Cc3ccc(Cl)cc3)S(C)(=O)=O)cc2)c(C)n1-c1ccc(Cl)cc1Cl. The predicted molar refractivity (Wildman–Crippen MR) is 159 cm³/mol. The number of halogens is 3. The van der Waals surface area contributed by atoms with Crippen LogP contribution in [0.4, 0.5) is 5.69 Å². The Kier molecular flexibility index (Phi) is 8.71. The minimum absolute atomic E-state index is 0.130. The molecule has 1 aromatic heterocycles. The summed E-state index contributed by atoms with van der Waals surface area (Å²) in [7, 11) is -3.58. The number of amides is 1. The maximum atomic E-state index is 12.7. The first kappa shape index (κ1) is 28.7. The molecule has 0 unspecified atom stereocenters. The molecule has 0 aliphatic rings. The lowest BCUT2D eigenvalue weighted by atomic mass is 10.2. The van der Waals surface area contributed by atoms with Gasteiger partial charge in [-0.25, -0.2) is 13.8 Å². The van der Waals surface area contributed by atoms with Crippen molar-refractivity contribution in [1.82, 2.24) is 9.99 Å². The number of hydrogen-bond acceptors (Lipinski definition) is 4. The number of anilines is 1. The summed E-state index contributed by atoms with van der Waals surface area (Å²) in [5.74, 6) is -0.434. The summed E-state index contributed by atoms with van der Waals surface area (Å²) in [6.07, 6.45) is 2.70. The number of hydrazone groups is 1. The van der Waals surface area contributed by atoms with E-state index in [4.69, 9.17) is 34.8 Å². The van der Waals surface area contributed by atoms with E-state index >= 15 is 0 Å². The molecule has 0 saturated carbocycles. The van der Waals surface area contributed by atoms with Gasteiger partial charge in [-0.05, 0) is 80.1 Å². The molecule has 0 spiro atoms. The van der Waals surface area contributed by atoms with Gasteiger partial charge in [0.15, 0.2) is 0 Å². The van der Waals surface area contributed by atoms with E-state index in [9.17, 15) is 13.2 Å². The van der Waals surface area contributed by atoms with Crippen molar-refractivity contribution >= 4 is 62.6 Å². The molecule has 0 bridgehead atoms. The third-order valence-electron chi connectivity index (χ3n) is 6.05. The number of sulfonamides is 1. The van der Waals surface area contributed by atoms with Gasteiger partial charge in [0.05, 0.1) is 35.4 Å². The highest BCUT2D eigenvalue weighted by Crippen LogP contribution is 2.28. The molecule has 1 heterocycles. The van der Waals surface area contributed by atoms with E-state index in [1.165, 1.54) is 4.31 Å². The topological polar surface area (TPSA) is 83.8 Å². The molecule has 0 saturated heterocycles. The van der Waals surface area contributed by atoms with Gasteiger partial charge in [-0.1, -0.05) is 46.9 Å². The third kappa shape index (κ3) is 6.83. The second kappa shape index (κ2) is 11.8. The van der Waals surface area contributed by atoms with Crippen molar-refractivity contribution in [2.45, 2.75) is 20.4 Å². The van der Waals surface area contributed by atoms with Crippen LogP contribution in [0.1, 0.15) is 32.9 Å². The Balaban J connectivity index is 1.47. The van der Waals surface area contributed by atoms with Crippen molar-refractivity contribution < 1.29 is 13.2 Å². The number of carbonyl (C=O) groups excluding carboxylic acids is 1. The highest BCUT2D eigenvalue weighted by atomic mass is 35.5. The van der Waals surface area contributed by atoms with Crippen LogP contribution in [0.15, 0.2) is 77.9 Å². The number of carbonyl (C=O) groups is 1. The molecule has 1 amide bonds. The van der Waals surface area contributed by atoms with Gasteiger partial charge in [-0.15, -0.1) is 0 Å². The number of nitrogens with zero attached hydrogens (tertiary/aromatic N) is 3. The van der Waals surface area contributed by atoms with Crippen molar-refractivity contribution in [3.05, 3.63) is 116 Å². The zero-order valence-electron chi connectivity index (χ0n) is 21.3. The number of aryl methyl sites for hydroxylation is 1. The van der Waals surface area contributed by atoms with E-state index in [1.54, 1.807) is 66.9 Å². The van der Waals surface area contributed by atoms with Crippen molar-refractivity contribution in [1.29, 1.82) is 0 Å². The van der Waals surface area contributed by atoms with E-state index in [2.05, 4.69) is 10.5 Å². The lowest BCUT2D eigenvalue weighted by Gasteiger charge is -2.22. The first-order chi connectivity index (χ1) is 18.4. The molecule has 202 valence electrons. The van der Waals surface area contributed by atoms with Gasteiger partial charge in [-0.3, -0.25) is 9.10 Å². The average molecular weight is 604 g/mol. The maximum absolute atomic E-state index is 12.7. The van der Waals surface area contributed by atoms with E-state index in [0.29, 0.717) is 26.3 Å². The molecule has 0 fully saturated rings. The summed E-state index contributed by atoms with van der Waals surface area (Å²) in [5, 5.41) is 5.75. The molecule has 11 heteroatoms. The Hall–Kier alpha value is -3.30. The summed E-state index contributed by atoms with van der Waals surface area (Å²) in [5.41, 5.74) is 7.48. The van der Waals surface area contributed by atoms with Crippen molar-refractivity contribution in [3.8, 4) is 5.69 Å². The molecule has 3 aromatic carbocycles. The second-order valence-electron chi connectivity index (χ2n) is 8.90. The fourth-order valence-corrected chi connectivity index (χ4v) is 5.62. The lowest BCUT2D eigenvalue weighted by molar-refractivity contribution is 0.0955. The molecule has 4 rings (SSSR count). The van der Waals surface area contributed by atoms with Crippen molar-refractivity contribution in [3.63, 3.8) is 0 Å². The molecular formula is C28H25Cl3N4O3S. The average Bonchev–Trinajstić information content (AvgIpc) is 3.15. The van der Waals surface area contributed by atoms with Crippen LogP contribution in [0.25, 0.3) is 5.69 Å². The van der Waals surface area contributed by atoms with Crippen LogP contribution in [0.5, 0.6) is 0 Å². The first-order valence-electron chi connectivity index (χ1n) is 11.7. The Labute approximate surface area is 242 Å². The van der Waals surface area contributed by atoms with E-state index in [-0.39, 0.29) is 6.54 Å². The number of rotatable bonds is 8. The van der Waals surface area contributed by atoms with Gasteiger partial charge >= 0.3 is 0 Å². The Bertz CT molecular complexity index is 1650. The Morgan fingerprint density at radius 1 is 0.949 bits per heavy atom. The summed E-state index contributed by atoms with van der Waals surface area (Å²) in [6.45, 7) is 4.00. The smallest absolute Gasteiger partial charge is 0.271 e. The van der Waals surface area contributed by atoms with Gasteiger partial charge in [0.1, 0.15) is 0 Å². The minimum Gasteiger partial charge on any atom is -0.316 e. The molecule has 39 heavy (non-hydrogen) atoms. The predicted octanol–water partition coefficient (Wildman–Crippen LogP) is 6.78. The molecular weight excluding hydrogens is 579 g/mol. The number of aromatic nitrogens is 1. The minimum atomic E-state index is -3.58. The number of hydrogen-bond donors (Lipinski definition) is 1. The molecule has 0 aliphatic carbocycles. The Morgan fingerprint density at radius 2 is 1.59 bits per heavy atom. The quantitative estimate of drug-likeness (QED) is 0.178. The van der Waals surface area contributed by atoms with Crippen LogP contribution in [-0.4, -0.2) is 31.4 Å². The molecule has 0 radical (unpaired) electrons. The normalized spacial score (nSPS) is 11.6. The molecule has 4 aromatic rings. The van der Waals surface area contributed by atoms with Gasteiger partial charge < -0.3 is 4.57 Å². The molecule has 1 N–H and O–H groups in total. The zero-order chi connectivity index (χ0) is 28.3. The number of benzene rings is 3. The molecule has 0 atom stereocenters. The fourth-order valence-electron chi connectivity index (χ4n) is 4.11. The van der Waals surface area contributed by atoms with Gasteiger partial charge in [-0.2, -0.15) is 5.10 Å². The molecule has 0 aliphatic heterocycles. The van der Waals surface area contributed by atoms with Crippen LogP contribution in [-0.2, 0) is 16.6 Å². The van der Waals surface area contributed by atoms with Crippen molar-refractivity contribution in [2.24, 2.45) is 5.10 Å². The summed E-state index contributed by atoms with van der Waals surface area (Å²) in [4.78, 5) is 12.7. The highest BCUT2D eigenvalue weighted by molar-refractivity contribution is 7.92. The van der Waals surface area contributed by atoms with Crippen LogP contribution in [0.2, 0.25) is 15.1 Å². The first-order valence-corrected chi connectivity index (χ1v) is 14.7. The van der Waals surface area contributed by atoms with Gasteiger partial charge in [0.25, 0.3) is 5.91 Å².